The molecular weight excluding hydrogens is 334 g/mol. The molecule has 0 aromatic heterocycles. The van der Waals surface area contributed by atoms with E-state index in [2.05, 4.69) is 12.2 Å². The third-order valence-corrected chi connectivity index (χ3v) is 7.37. The molecule has 2 rings (SSSR count). The van der Waals surface area contributed by atoms with Crippen molar-refractivity contribution in [2.45, 2.75) is 62.1 Å². The van der Waals surface area contributed by atoms with Crippen LogP contribution in [0.15, 0.2) is 29.2 Å². The van der Waals surface area contributed by atoms with Crippen molar-refractivity contribution in [3.8, 4) is 0 Å². The summed E-state index contributed by atoms with van der Waals surface area (Å²) in [7, 11) is -3.79. The largest absolute Gasteiger partial charge is 0.352 e. The lowest BCUT2D eigenvalue weighted by atomic mass is 9.87. The monoisotopic (exact) mass is 357 g/mol. The Morgan fingerprint density at radius 1 is 1.13 bits per heavy atom. The van der Waals surface area contributed by atoms with Crippen LogP contribution in [0, 0.1) is 5.92 Å². The lowest BCUT2D eigenvalue weighted by Crippen LogP contribution is -2.51. The van der Waals surface area contributed by atoms with Crippen LogP contribution in [0.25, 0.3) is 0 Å². The Bertz CT molecular complexity index is 660. The summed E-state index contributed by atoms with van der Waals surface area (Å²) in [6.45, 7) is 5.11. The summed E-state index contributed by atoms with van der Waals surface area (Å²) >= 11 is 5.81. The molecule has 1 aromatic carbocycles. The van der Waals surface area contributed by atoms with Gasteiger partial charge in [-0.05, 0) is 69.7 Å². The highest BCUT2D eigenvalue weighted by molar-refractivity contribution is 7.93. The smallest absolute Gasteiger partial charge is 0.241 e. The summed E-state index contributed by atoms with van der Waals surface area (Å²) in [5, 5.41) is 3.38. The van der Waals surface area contributed by atoms with E-state index < -0.39 is 20.5 Å². The fraction of sp³-hybridized carbons (Fsp3) is 0.588. The van der Waals surface area contributed by atoms with Crippen LogP contribution < -0.4 is 5.32 Å². The SMILES string of the molecule is CC1CCC(NC(=O)C(C)(C)S(=O)(=O)c2ccc(Cl)cc2)CC1. The van der Waals surface area contributed by atoms with Gasteiger partial charge in [-0.2, -0.15) is 0 Å². The number of benzene rings is 1. The van der Waals surface area contributed by atoms with Gasteiger partial charge < -0.3 is 5.32 Å². The Kier molecular flexibility index (Phi) is 5.41. The molecule has 1 aliphatic carbocycles. The molecule has 6 heteroatoms. The molecule has 1 aromatic rings. The summed E-state index contributed by atoms with van der Waals surface area (Å²) < 4.78 is 24.1. The van der Waals surface area contributed by atoms with Crippen LogP contribution in [0.3, 0.4) is 0 Å². The molecule has 1 fully saturated rings. The van der Waals surface area contributed by atoms with Crippen LogP contribution in [0.4, 0.5) is 0 Å². The normalized spacial score (nSPS) is 22.6. The molecule has 23 heavy (non-hydrogen) atoms. The van der Waals surface area contributed by atoms with E-state index in [4.69, 9.17) is 11.6 Å². The number of nitrogens with one attached hydrogen (secondary N) is 1. The summed E-state index contributed by atoms with van der Waals surface area (Å²) in [6, 6.07) is 5.98. The second kappa shape index (κ2) is 6.81. The van der Waals surface area contributed by atoms with Gasteiger partial charge in [0.2, 0.25) is 5.91 Å². The minimum atomic E-state index is -3.79. The number of carbonyl (C=O) groups is 1. The van der Waals surface area contributed by atoms with Gasteiger partial charge in [0.25, 0.3) is 0 Å². The predicted molar refractivity (Wildman–Crippen MR) is 92.3 cm³/mol. The Labute approximate surface area is 143 Å². The third-order valence-electron chi connectivity index (χ3n) is 4.69. The molecule has 1 amide bonds. The molecule has 0 aliphatic heterocycles. The summed E-state index contributed by atoms with van der Waals surface area (Å²) in [4.78, 5) is 12.7. The van der Waals surface area contributed by atoms with E-state index in [1.807, 2.05) is 0 Å². The van der Waals surface area contributed by atoms with Gasteiger partial charge in [-0.25, -0.2) is 8.42 Å². The van der Waals surface area contributed by atoms with E-state index in [1.165, 1.54) is 38.1 Å². The van der Waals surface area contributed by atoms with Gasteiger partial charge in [-0.15, -0.1) is 0 Å². The molecule has 4 nitrogen and oxygen atoms in total. The average Bonchev–Trinajstić information content (AvgIpc) is 2.49. The van der Waals surface area contributed by atoms with E-state index in [0.29, 0.717) is 10.9 Å². The van der Waals surface area contributed by atoms with Crippen molar-refractivity contribution >= 4 is 27.3 Å². The molecule has 0 heterocycles. The van der Waals surface area contributed by atoms with E-state index in [1.54, 1.807) is 0 Å². The molecule has 0 atom stereocenters. The molecular formula is C17H24ClNO3S. The number of halogens is 1. The number of amides is 1. The number of hydrogen-bond donors (Lipinski definition) is 1. The summed E-state index contributed by atoms with van der Waals surface area (Å²) in [5.74, 6) is 0.237. The average molecular weight is 358 g/mol. The second-order valence-corrected chi connectivity index (χ2v) is 9.83. The highest BCUT2D eigenvalue weighted by Gasteiger charge is 2.43. The fourth-order valence-electron chi connectivity index (χ4n) is 2.79. The Morgan fingerprint density at radius 2 is 1.65 bits per heavy atom. The maximum absolute atomic E-state index is 12.8. The van der Waals surface area contributed by atoms with Gasteiger partial charge in [-0.3, -0.25) is 4.79 Å². The number of rotatable bonds is 4. The maximum atomic E-state index is 12.8. The number of carbonyl (C=O) groups excluding carboxylic acids is 1. The molecule has 128 valence electrons. The van der Waals surface area contributed by atoms with Gasteiger partial charge in [0, 0.05) is 11.1 Å². The zero-order valence-corrected chi connectivity index (χ0v) is 15.4. The van der Waals surface area contributed by atoms with E-state index in [0.717, 1.165) is 25.7 Å². The zero-order valence-electron chi connectivity index (χ0n) is 13.8. The van der Waals surface area contributed by atoms with Crippen LogP contribution in [-0.2, 0) is 14.6 Å². The molecule has 1 N–H and O–H groups in total. The minimum absolute atomic E-state index is 0.0680. The van der Waals surface area contributed by atoms with E-state index in [9.17, 15) is 13.2 Å². The van der Waals surface area contributed by atoms with Crippen molar-refractivity contribution < 1.29 is 13.2 Å². The Hall–Kier alpha value is -1.07. The van der Waals surface area contributed by atoms with E-state index in [-0.39, 0.29) is 10.9 Å². The van der Waals surface area contributed by atoms with Crippen LogP contribution in [0.2, 0.25) is 5.02 Å². The summed E-state index contributed by atoms with van der Waals surface area (Å²) in [5.41, 5.74) is 0. The van der Waals surface area contributed by atoms with Crippen molar-refractivity contribution in [1.29, 1.82) is 0 Å². The lowest BCUT2D eigenvalue weighted by Gasteiger charge is -2.31. The van der Waals surface area contributed by atoms with Crippen molar-refractivity contribution in [2.75, 3.05) is 0 Å². The van der Waals surface area contributed by atoms with Crippen LogP contribution >= 0.6 is 11.6 Å². The first-order valence-corrected chi connectivity index (χ1v) is 9.82. The van der Waals surface area contributed by atoms with Gasteiger partial charge in [-0.1, -0.05) is 18.5 Å². The quantitative estimate of drug-likeness (QED) is 0.895. The van der Waals surface area contributed by atoms with Crippen LogP contribution in [-0.4, -0.2) is 25.1 Å². The third kappa shape index (κ3) is 3.89. The maximum Gasteiger partial charge on any atom is 0.241 e. The Balaban J connectivity index is 2.15. The highest BCUT2D eigenvalue weighted by atomic mass is 35.5. The molecule has 0 unspecified atom stereocenters. The minimum Gasteiger partial charge on any atom is -0.352 e. The van der Waals surface area contributed by atoms with Gasteiger partial charge >= 0.3 is 0 Å². The van der Waals surface area contributed by atoms with E-state index >= 15 is 0 Å². The van der Waals surface area contributed by atoms with Crippen LogP contribution in [0.5, 0.6) is 0 Å². The van der Waals surface area contributed by atoms with Gasteiger partial charge in [0.1, 0.15) is 4.75 Å². The van der Waals surface area contributed by atoms with Crippen LogP contribution in [0.1, 0.15) is 46.5 Å². The molecule has 1 saturated carbocycles. The molecule has 0 spiro atoms. The molecule has 1 aliphatic rings. The first kappa shape index (κ1) is 18.3. The molecule has 0 bridgehead atoms. The van der Waals surface area contributed by atoms with Gasteiger partial charge in [0.05, 0.1) is 4.90 Å². The first-order valence-electron chi connectivity index (χ1n) is 7.96. The highest BCUT2D eigenvalue weighted by Crippen LogP contribution is 2.28. The fourth-order valence-corrected chi connectivity index (χ4v) is 4.31. The number of hydrogen-bond acceptors (Lipinski definition) is 3. The zero-order chi connectivity index (χ0) is 17.3. The van der Waals surface area contributed by atoms with Gasteiger partial charge in [0.15, 0.2) is 9.84 Å². The van der Waals surface area contributed by atoms with Crippen molar-refractivity contribution in [2.24, 2.45) is 5.92 Å². The number of sulfone groups is 1. The Morgan fingerprint density at radius 3 is 2.17 bits per heavy atom. The first-order chi connectivity index (χ1) is 10.6. The molecule has 0 radical (unpaired) electrons. The lowest BCUT2D eigenvalue weighted by molar-refractivity contribution is -0.123. The summed E-state index contributed by atoms with van der Waals surface area (Å²) in [6.07, 6.45) is 3.94. The van der Waals surface area contributed by atoms with Crippen molar-refractivity contribution in [1.82, 2.24) is 5.32 Å². The molecule has 0 saturated heterocycles. The van der Waals surface area contributed by atoms with Crippen molar-refractivity contribution in [3.63, 3.8) is 0 Å². The predicted octanol–water partition coefficient (Wildman–Crippen LogP) is 3.59. The standard InChI is InChI=1S/C17H24ClNO3S/c1-12-4-8-14(9-5-12)19-16(20)17(2,3)23(21,22)15-10-6-13(18)7-11-15/h6-7,10-12,14H,4-5,8-9H2,1-3H3,(H,19,20). The van der Waals surface area contributed by atoms with Crippen molar-refractivity contribution in [3.05, 3.63) is 29.3 Å². The second-order valence-electron chi connectivity index (χ2n) is 6.90. The topological polar surface area (TPSA) is 63.2 Å².